The third-order valence-electron chi connectivity index (χ3n) is 6.97. The van der Waals surface area contributed by atoms with Crippen molar-refractivity contribution in [1.29, 1.82) is 0 Å². The van der Waals surface area contributed by atoms with E-state index in [1.165, 1.54) is 23.7 Å². The summed E-state index contributed by atoms with van der Waals surface area (Å²) in [7, 11) is 0. The highest BCUT2D eigenvalue weighted by molar-refractivity contribution is 4.97. The fourth-order valence-corrected chi connectivity index (χ4v) is 6.34. The monoisotopic (exact) mass is 232 g/mol. The van der Waals surface area contributed by atoms with Gasteiger partial charge in [-0.2, -0.15) is 0 Å². The minimum atomic E-state index is 1.15. The second-order valence-electron chi connectivity index (χ2n) is 7.64. The summed E-state index contributed by atoms with van der Waals surface area (Å²) in [4.78, 5) is 0. The molecule has 0 radical (unpaired) electrons. The Labute approximate surface area is 107 Å². The molecule has 0 saturated heterocycles. The van der Waals surface area contributed by atoms with Crippen molar-refractivity contribution in [2.45, 2.75) is 70.6 Å². The van der Waals surface area contributed by atoms with E-state index in [0.717, 1.165) is 11.8 Å². The number of hydrogen-bond donors (Lipinski definition) is 0. The van der Waals surface area contributed by atoms with Crippen molar-refractivity contribution in [1.82, 2.24) is 0 Å². The van der Waals surface area contributed by atoms with Crippen LogP contribution in [0.1, 0.15) is 70.6 Å². The minimum absolute atomic E-state index is 1.15. The summed E-state index contributed by atoms with van der Waals surface area (Å²) in [5.41, 5.74) is 0. The van der Waals surface area contributed by atoms with Crippen LogP contribution in [0.5, 0.6) is 0 Å². The van der Waals surface area contributed by atoms with Crippen molar-refractivity contribution in [3.05, 3.63) is 0 Å². The van der Waals surface area contributed by atoms with E-state index in [-0.39, 0.29) is 0 Å². The van der Waals surface area contributed by atoms with Crippen molar-refractivity contribution in [2.75, 3.05) is 0 Å². The van der Waals surface area contributed by atoms with Gasteiger partial charge in [0.15, 0.2) is 0 Å². The van der Waals surface area contributed by atoms with Gasteiger partial charge in [0.25, 0.3) is 0 Å². The molecule has 0 heteroatoms. The molecule has 0 aromatic carbocycles. The molecule has 17 heavy (non-hydrogen) atoms. The van der Waals surface area contributed by atoms with Crippen LogP contribution in [0.25, 0.3) is 0 Å². The summed E-state index contributed by atoms with van der Waals surface area (Å²) in [6.45, 7) is 0. The van der Waals surface area contributed by atoms with Gasteiger partial charge in [0.05, 0.1) is 0 Å². The fourth-order valence-electron chi connectivity index (χ4n) is 6.34. The first-order valence-corrected chi connectivity index (χ1v) is 8.42. The Morgan fingerprint density at radius 2 is 1.29 bits per heavy atom. The van der Waals surface area contributed by atoms with Crippen LogP contribution in [0, 0.1) is 35.5 Å². The Kier molecular flexibility index (Phi) is 2.74. The molecule has 0 aromatic heterocycles. The minimum Gasteiger partial charge on any atom is -0.0530 e. The predicted molar refractivity (Wildman–Crippen MR) is 71.7 cm³/mol. The highest BCUT2D eigenvalue weighted by Gasteiger charge is 2.47. The summed E-state index contributed by atoms with van der Waals surface area (Å²) in [6.07, 6.45) is 17.5. The zero-order valence-electron chi connectivity index (χ0n) is 11.2. The Morgan fingerprint density at radius 3 is 2.12 bits per heavy atom. The van der Waals surface area contributed by atoms with Gasteiger partial charge < -0.3 is 0 Å². The highest BCUT2D eigenvalue weighted by Crippen LogP contribution is 2.57. The fraction of sp³-hybridized carbons (Fsp3) is 1.00. The average molecular weight is 232 g/mol. The Balaban J connectivity index is 1.52. The quantitative estimate of drug-likeness (QED) is 0.595. The summed E-state index contributed by atoms with van der Waals surface area (Å²) >= 11 is 0. The lowest BCUT2D eigenvalue weighted by Crippen LogP contribution is -2.37. The number of hydrogen-bond acceptors (Lipinski definition) is 0. The van der Waals surface area contributed by atoms with Crippen molar-refractivity contribution < 1.29 is 0 Å². The van der Waals surface area contributed by atoms with Crippen molar-refractivity contribution in [3.63, 3.8) is 0 Å². The van der Waals surface area contributed by atoms with E-state index in [1.54, 1.807) is 70.6 Å². The van der Waals surface area contributed by atoms with Crippen LogP contribution in [-0.2, 0) is 0 Å². The van der Waals surface area contributed by atoms with Crippen LogP contribution in [0.3, 0.4) is 0 Å². The number of fused-ring (bicyclic) bond motifs is 3. The number of rotatable bonds is 1. The zero-order chi connectivity index (χ0) is 11.2. The Bertz CT molecular complexity index is 278. The molecular weight excluding hydrogens is 204 g/mol. The van der Waals surface area contributed by atoms with E-state index in [9.17, 15) is 0 Å². The molecular formula is C17H28. The third-order valence-corrected chi connectivity index (χ3v) is 6.97. The smallest absolute Gasteiger partial charge is 0.0352 e. The first-order chi connectivity index (χ1) is 8.42. The lowest BCUT2D eigenvalue weighted by atomic mass is 9.60. The van der Waals surface area contributed by atoms with Crippen molar-refractivity contribution >= 4 is 0 Å². The standard InChI is InChI=1S/C17H28/c1-2-6-15-13(4-1)5-3-7-16(15)17-11-12-8-9-14(17)10-12/h12-17H,1-11H2. The predicted octanol–water partition coefficient (Wildman–Crippen LogP) is 5.03. The van der Waals surface area contributed by atoms with Crippen LogP contribution < -0.4 is 0 Å². The van der Waals surface area contributed by atoms with Gasteiger partial charge in [0.1, 0.15) is 0 Å². The van der Waals surface area contributed by atoms with Gasteiger partial charge in [-0.15, -0.1) is 0 Å². The molecule has 4 fully saturated rings. The summed E-state index contributed by atoms with van der Waals surface area (Å²) in [6, 6.07) is 0. The summed E-state index contributed by atoms with van der Waals surface area (Å²) < 4.78 is 0. The molecule has 4 aliphatic rings. The zero-order valence-corrected chi connectivity index (χ0v) is 11.2. The highest BCUT2D eigenvalue weighted by atomic mass is 14.5. The topological polar surface area (TPSA) is 0 Å². The molecule has 0 amide bonds. The lowest BCUT2D eigenvalue weighted by Gasteiger charge is -2.46. The molecule has 0 aromatic rings. The van der Waals surface area contributed by atoms with Crippen LogP contribution >= 0.6 is 0 Å². The van der Waals surface area contributed by atoms with E-state index in [4.69, 9.17) is 0 Å². The van der Waals surface area contributed by atoms with Crippen LogP contribution in [0.2, 0.25) is 0 Å². The SMILES string of the molecule is C1CCC2C(C1)CCCC2C1CC2CCC1C2. The second-order valence-corrected chi connectivity index (χ2v) is 7.64. The molecule has 0 N–H and O–H groups in total. The van der Waals surface area contributed by atoms with Crippen LogP contribution in [0.15, 0.2) is 0 Å². The van der Waals surface area contributed by atoms with E-state index in [2.05, 4.69) is 0 Å². The molecule has 6 atom stereocenters. The van der Waals surface area contributed by atoms with Crippen LogP contribution in [0.4, 0.5) is 0 Å². The van der Waals surface area contributed by atoms with Gasteiger partial charge in [-0.05, 0) is 67.6 Å². The average Bonchev–Trinajstić information content (AvgIpc) is 3.00. The maximum absolute atomic E-state index is 1.64. The van der Waals surface area contributed by atoms with Gasteiger partial charge in [-0.1, -0.05) is 38.5 Å². The normalized spacial score (nSPS) is 53.6. The summed E-state index contributed by atoms with van der Waals surface area (Å²) in [5, 5.41) is 0. The van der Waals surface area contributed by atoms with E-state index >= 15 is 0 Å². The van der Waals surface area contributed by atoms with Gasteiger partial charge in [0, 0.05) is 0 Å². The van der Waals surface area contributed by atoms with Gasteiger partial charge in [-0.25, -0.2) is 0 Å². The first kappa shape index (κ1) is 10.9. The molecule has 2 bridgehead atoms. The maximum atomic E-state index is 1.64. The summed E-state index contributed by atoms with van der Waals surface area (Å²) in [5.74, 6) is 7.01. The Hall–Kier alpha value is 0. The van der Waals surface area contributed by atoms with E-state index in [0.29, 0.717) is 0 Å². The molecule has 0 heterocycles. The maximum Gasteiger partial charge on any atom is -0.0352 e. The van der Waals surface area contributed by atoms with E-state index < -0.39 is 0 Å². The third kappa shape index (κ3) is 1.78. The lowest BCUT2D eigenvalue weighted by molar-refractivity contribution is 0.0431. The first-order valence-electron chi connectivity index (χ1n) is 8.42. The molecule has 96 valence electrons. The largest absolute Gasteiger partial charge is 0.0530 e. The van der Waals surface area contributed by atoms with Gasteiger partial charge in [0.2, 0.25) is 0 Å². The second kappa shape index (κ2) is 4.28. The molecule has 6 unspecified atom stereocenters. The Morgan fingerprint density at radius 1 is 0.471 bits per heavy atom. The van der Waals surface area contributed by atoms with E-state index in [1.807, 2.05) is 0 Å². The molecule has 4 aliphatic carbocycles. The van der Waals surface area contributed by atoms with Gasteiger partial charge in [-0.3, -0.25) is 0 Å². The molecule has 0 spiro atoms. The molecule has 4 saturated carbocycles. The molecule has 0 aliphatic heterocycles. The van der Waals surface area contributed by atoms with Crippen molar-refractivity contribution in [3.8, 4) is 0 Å². The van der Waals surface area contributed by atoms with Gasteiger partial charge >= 0.3 is 0 Å². The van der Waals surface area contributed by atoms with Crippen LogP contribution in [-0.4, -0.2) is 0 Å². The van der Waals surface area contributed by atoms with Crippen molar-refractivity contribution in [2.24, 2.45) is 35.5 Å². The molecule has 4 rings (SSSR count). The molecule has 0 nitrogen and oxygen atoms in total.